The SMILES string of the molecule is Cc1cc(C)c(-c2c3nc(c(-c4ccc(P(=O)(O)O)cc4)c4ccc([n-]4)c(-c4c(C)cc(C)cc4C)c4nc(c(-c5ccc(C#Cc6ccc(-c7c8nc(c(-c9c(C)cc(C)cc9C)c9ccc([n-]9)c(-c9c(C)cc(C)cc9C)c9nc(c(-c%10c(C)cc(C)cc%10C)c%10ccc7[n-]%10)C=C9)C=C8)cc6)cc5)c5ccc2[n-]5)C=C4)C=C3)c(C)c1.[Zn+2].[Zn+2]. The molecule has 0 amide bonds. The van der Waals surface area contributed by atoms with Crippen LogP contribution in [-0.4, -0.2) is 29.7 Å². The Labute approximate surface area is 720 Å². The van der Waals surface area contributed by atoms with Crippen molar-refractivity contribution >= 4 is 106 Å². The van der Waals surface area contributed by atoms with Crippen LogP contribution in [0.3, 0.4) is 0 Å². The van der Waals surface area contributed by atoms with Gasteiger partial charge in [0.05, 0.1) is 50.9 Å². The maximum Gasteiger partial charge on any atom is 2.00 e. The summed E-state index contributed by atoms with van der Waals surface area (Å²) in [6, 6.07) is 62.5. The van der Waals surface area contributed by atoms with E-state index in [1.807, 2.05) is 24.3 Å². The Bertz CT molecular complexity index is 7050. The van der Waals surface area contributed by atoms with Gasteiger partial charge in [-0.3, -0.25) is 4.57 Å². The van der Waals surface area contributed by atoms with Crippen molar-refractivity contribution in [3.63, 3.8) is 0 Å². The molecule has 4 aliphatic rings. The molecule has 11 nitrogen and oxygen atoms in total. The van der Waals surface area contributed by atoms with E-state index in [2.05, 4.69) is 298 Å². The number of hydrogen-bond acceptors (Lipinski definition) is 5. The third-order valence-electron chi connectivity index (χ3n) is 23.0. The largest absolute Gasteiger partial charge is 2.00 e. The Kier molecular flexibility index (Phi) is 21.5. The van der Waals surface area contributed by atoms with E-state index in [1.165, 1.54) is 28.8 Å². The molecule has 0 saturated heterocycles. The van der Waals surface area contributed by atoms with Gasteiger partial charge in [0.15, 0.2) is 0 Å². The number of benzene rings is 8. The molecule has 18 rings (SSSR count). The van der Waals surface area contributed by atoms with Crippen molar-refractivity contribution in [2.75, 3.05) is 0 Å². The smallest absolute Gasteiger partial charge is 0.657 e. The van der Waals surface area contributed by atoms with E-state index in [4.69, 9.17) is 39.9 Å². The van der Waals surface area contributed by atoms with E-state index in [1.54, 1.807) is 12.1 Å². The van der Waals surface area contributed by atoms with Gasteiger partial charge >= 0.3 is 46.6 Å². The summed E-state index contributed by atoms with van der Waals surface area (Å²) in [5.41, 5.74) is 46.0. The Hall–Kier alpha value is -12.1. The summed E-state index contributed by atoms with van der Waals surface area (Å²) in [7, 11) is -4.55. The van der Waals surface area contributed by atoms with Crippen LogP contribution < -0.4 is 25.2 Å². The number of rotatable bonds is 9. The molecule has 0 aliphatic carbocycles. The second kappa shape index (κ2) is 31.7. The molecular formula is C105H85N8O3PZn2. The van der Waals surface area contributed by atoms with Crippen molar-refractivity contribution in [3.8, 4) is 101 Å². The second-order valence-corrected chi connectivity index (χ2v) is 33.7. The fraction of sp³-hybridized carbons (Fsp3) is 0.143. The van der Waals surface area contributed by atoms with Crippen LogP contribution in [0.1, 0.15) is 140 Å². The summed E-state index contributed by atoms with van der Waals surface area (Å²) in [5, 5.41) is -0.0752. The van der Waals surface area contributed by atoms with Crippen LogP contribution in [-0.2, 0) is 43.5 Å². The number of hydrogen-bond donors (Lipinski definition) is 2. The molecule has 10 heterocycles. The molecule has 0 atom stereocenters. The maximum absolute atomic E-state index is 12.6. The van der Waals surface area contributed by atoms with Crippen LogP contribution in [0, 0.1) is 116 Å². The third kappa shape index (κ3) is 14.9. The van der Waals surface area contributed by atoms with Crippen LogP contribution in [0.25, 0.3) is 182 Å². The molecule has 16 bridgehead atoms. The molecule has 0 spiro atoms. The van der Waals surface area contributed by atoms with Gasteiger partial charge in [0, 0.05) is 11.1 Å². The predicted molar refractivity (Wildman–Crippen MR) is 486 cm³/mol. The van der Waals surface area contributed by atoms with E-state index < -0.39 is 7.60 Å². The van der Waals surface area contributed by atoms with Gasteiger partial charge in [-0.2, -0.15) is 0 Å². The van der Waals surface area contributed by atoms with E-state index >= 15 is 0 Å². The average molecular weight is 1670 g/mol. The van der Waals surface area contributed by atoms with E-state index in [0.717, 1.165) is 223 Å². The first-order valence-corrected chi connectivity index (χ1v) is 41.3. The minimum atomic E-state index is -4.55. The monoisotopic (exact) mass is 1660 g/mol. The predicted octanol–water partition coefficient (Wildman–Crippen LogP) is 24.3. The summed E-state index contributed by atoms with van der Waals surface area (Å²) < 4.78 is 12.6. The van der Waals surface area contributed by atoms with Crippen molar-refractivity contribution < 1.29 is 53.3 Å². The van der Waals surface area contributed by atoms with Crippen LogP contribution >= 0.6 is 7.60 Å². The van der Waals surface area contributed by atoms with Gasteiger partial charge < -0.3 is 29.7 Å². The number of fused-ring (bicyclic) bond motifs is 16. The summed E-state index contributed by atoms with van der Waals surface area (Å²) in [6.07, 6.45) is 16.8. The quantitative estimate of drug-likeness (QED) is 0.0802. The zero-order valence-corrected chi connectivity index (χ0v) is 76.5. The van der Waals surface area contributed by atoms with Crippen LogP contribution in [0.15, 0.2) is 182 Å². The van der Waals surface area contributed by atoms with Gasteiger partial charge in [-0.15, -0.1) is 44.1 Å². The third-order valence-corrected chi connectivity index (χ3v) is 24.0. The molecule has 0 fully saturated rings. The zero-order chi connectivity index (χ0) is 81.3. The molecule has 0 saturated carbocycles. The van der Waals surface area contributed by atoms with E-state index in [9.17, 15) is 14.4 Å². The number of aromatic nitrogens is 8. The first kappa shape index (κ1) is 80.7. The van der Waals surface area contributed by atoms with Crippen LogP contribution in [0.2, 0.25) is 0 Å². The molecular weight excluding hydrogens is 1580 g/mol. The first-order chi connectivity index (χ1) is 56.2. The normalized spacial score (nSPS) is 12.1. The van der Waals surface area contributed by atoms with Gasteiger partial charge in [0.25, 0.3) is 0 Å². The van der Waals surface area contributed by atoms with Gasteiger partial charge in [-0.25, -0.2) is 19.9 Å². The van der Waals surface area contributed by atoms with Gasteiger partial charge in [-0.05, 0) is 334 Å². The van der Waals surface area contributed by atoms with Gasteiger partial charge in [0.1, 0.15) is 0 Å². The zero-order valence-electron chi connectivity index (χ0n) is 69.7. The van der Waals surface area contributed by atoms with E-state index in [-0.39, 0.29) is 44.3 Å². The standard InChI is InChI=1S/C105H85N8O3P.2Zn/c1-56-46-61(6)93(62(7)47-56)101-83-36-30-77(106-83)98(78-31-37-84(107-78)102(94-63(8)48-57(2)49-64(94)9)86-41-35-82(111-86)100(81-34-40-85(101)110-81)75-26-28-76(29-27-75)117(114,115)116)73-22-18-71(19-23-73)16-17-72-20-24-74(25-21-72)99-79-32-38-87(108-79)103(95-65(10)50-58(3)51-66(95)11)89-42-44-91(112-89)105(97-69(14)54-60(5)55-70(97)15)92-45-43-90(113-92)104(88-39-33-80(99)109-88)96-67(12)52-59(4)53-68(96)13;;/h18-55H,1-15H3,(H2,114,115,116);;/q-4;2*+2. The van der Waals surface area contributed by atoms with Gasteiger partial charge in [0.2, 0.25) is 0 Å². The Morgan fingerprint density at radius 2 is 0.403 bits per heavy atom. The molecule has 572 valence electrons. The minimum Gasteiger partial charge on any atom is -0.657 e. The Balaban J connectivity index is 0.00000528. The van der Waals surface area contributed by atoms with Crippen molar-refractivity contribution in [1.82, 2.24) is 39.9 Å². The summed E-state index contributed by atoms with van der Waals surface area (Å²) >= 11 is 0. The fourth-order valence-electron chi connectivity index (χ4n) is 18.6. The van der Waals surface area contributed by atoms with E-state index in [0.29, 0.717) is 33.5 Å². The summed E-state index contributed by atoms with van der Waals surface area (Å²) in [4.78, 5) is 65.5. The Morgan fingerprint density at radius 1 is 0.235 bits per heavy atom. The average Bonchev–Trinajstić information content (AvgIpc) is 1.61. The summed E-state index contributed by atoms with van der Waals surface area (Å²) in [5.74, 6) is 7.07. The maximum atomic E-state index is 12.6. The molecule has 0 radical (unpaired) electrons. The van der Waals surface area contributed by atoms with Crippen molar-refractivity contribution in [1.29, 1.82) is 0 Å². The summed E-state index contributed by atoms with van der Waals surface area (Å²) in [6.45, 7) is 32.4. The molecule has 14 aromatic rings. The number of aryl methyl sites for hydroxylation is 15. The fourth-order valence-corrected chi connectivity index (χ4v) is 19.2. The topological polar surface area (TPSA) is 165 Å². The van der Waals surface area contributed by atoms with Crippen LogP contribution in [0.5, 0.6) is 0 Å². The van der Waals surface area contributed by atoms with Crippen molar-refractivity contribution in [3.05, 3.63) is 322 Å². The molecule has 4 aliphatic heterocycles. The van der Waals surface area contributed by atoms with Crippen molar-refractivity contribution in [2.45, 2.75) is 104 Å². The Morgan fingerprint density at radius 3 is 0.588 bits per heavy atom. The van der Waals surface area contributed by atoms with Crippen molar-refractivity contribution in [2.24, 2.45) is 0 Å². The molecule has 119 heavy (non-hydrogen) atoms. The molecule has 14 heteroatoms. The molecule has 6 aromatic heterocycles. The minimum absolute atomic E-state index is 0. The van der Waals surface area contributed by atoms with Gasteiger partial charge in [-0.1, -0.05) is 185 Å². The second-order valence-electron chi connectivity index (χ2n) is 32.1. The van der Waals surface area contributed by atoms with Crippen LogP contribution in [0.4, 0.5) is 0 Å². The number of nitrogens with zero attached hydrogens (tertiary/aromatic N) is 8. The molecule has 2 N–H and O–H groups in total. The molecule has 8 aromatic carbocycles. The molecule has 0 unspecified atom stereocenters. The first-order valence-electron chi connectivity index (χ1n) is 39.7.